The van der Waals surface area contributed by atoms with Crippen LogP contribution in [0.1, 0.15) is 33.1 Å². The lowest BCUT2D eigenvalue weighted by molar-refractivity contribution is -0.137. The number of allylic oxidation sites excluding steroid dienone is 2. The Balaban J connectivity index is 3.75. The number of aliphatic hydroxyl groups is 1. The Labute approximate surface area is 91.4 Å². The number of carbonyl (C=O) groups is 1. The van der Waals surface area contributed by atoms with E-state index in [2.05, 4.69) is 0 Å². The van der Waals surface area contributed by atoms with E-state index in [0.717, 1.165) is 18.4 Å². The van der Waals surface area contributed by atoms with E-state index in [0.29, 0.717) is 13.0 Å². The fourth-order valence-electron chi connectivity index (χ4n) is 0.916. The topological polar surface area (TPSA) is 46.5 Å². The van der Waals surface area contributed by atoms with Crippen molar-refractivity contribution in [1.29, 1.82) is 0 Å². The highest BCUT2D eigenvalue weighted by Crippen LogP contribution is 1.98. The fraction of sp³-hybridized carbons (Fsp3) is 0.583. The van der Waals surface area contributed by atoms with E-state index in [1.807, 2.05) is 13.8 Å². The minimum Gasteiger partial charge on any atom is -0.463 e. The molecule has 0 bridgehead atoms. The first kappa shape index (κ1) is 13.9. The van der Waals surface area contributed by atoms with Crippen LogP contribution in [0.5, 0.6) is 0 Å². The molecule has 0 aromatic heterocycles. The molecule has 15 heavy (non-hydrogen) atoms. The monoisotopic (exact) mass is 212 g/mol. The van der Waals surface area contributed by atoms with Gasteiger partial charge >= 0.3 is 5.97 Å². The minimum absolute atomic E-state index is 0.136. The maximum absolute atomic E-state index is 11.1. The summed E-state index contributed by atoms with van der Waals surface area (Å²) in [6, 6.07) is 0. The van der Waals surface area contributed by atoms with Crippen LogP contribution >= 0.6 is 0 Å². The van der Waals surface area contributed by atoms with Crippen molar-refractivity contribution in [2.24, 2.45) is 0 Å². The Morgan fingerprint density at radius 3 is 2.80 bits per heavy atom. The third-order valence-corrected chi connectivity index (χ3v) is 1.86. The van der Waals surface area contributed by atoms with Crippen molar-refractivity contribution in [2.45, 2.75) is 33.1 Å². The standard InChI is InChI=1S/C12H20O3/c1-3-4-10-15-12(14)7-5-6-11(2)8-9-13/h5-7,13H,3-4,8-10H2,1-2H3/b7-5+,11-6-. The van der Waals surface area contributed by atoms with Crippen LogP contribution in [0.15, 0.2) is 23.8 Å². The predicted octanol–water partition coefficient (Wildman–Crippen LogP) is 2.21. The van der Waals surface area contributed by atoms with Gasteiger partial charge in [-0.15, -0.1) is 0 Å². The molecule has 0 rings (SSSR count). The molecule has 0 aliphatic rings. The second-order valence-electron chi connectivity index (χ2n) is 3.37. The highest BCUT2D eigenvalue weighted by molar-refractivity contribution is 5.82. The number of unbranched alkanes of at least 4 members (excludes halogenated alkanes) is 1. The summed E-state index contributed by atoms with van der Waals surface area (Å²) in [5.41, 5.74) is 1.04. The van der Waals surface area contributed by atoms with E-state index in [4.69, 9.17) is 9.84 Å². The van der Waals surface area contributed by atoms with Gasteiger partial charge in [0, 0.05) is 12.7 Å². The van der Waals surface area contributed by atoms with Crippen LogP contribution < -0.4 is 0 Å². The summed E-state index contributed by atoms with van der Waals surface area (Å²) in [5.74, 6) is -0.309. The normalized spacial score (nSPS) is 12.1. The molecule has 0 aliphatic heterocycles. The first-order chi connectivity index (χ1) is 7.20. The molecule has 0 saturated carbocycles. The molecule has 0 amide bonds. The second-order valence-corrected chi connectivity index (χ2v) is 3.37. The van der Waals surface area contributed by atoms with Gasteiger partial charge in [0.25, 0.3) is 0 Å². The zero-order valence-corrected chi connectivity index (χ0v) is 9.53. The van der Waals surface area contributed by atoms with Crippen LogP contribution in [0.2, 0.25) is 0 Å². The van der Waals surface area contributed by atoms with Crippen molar-refractivity contribution in [2.75, 3.05) is 13.2 Å². The number of aliphatic hydroxyl groups excluding tert-OH is 1. The predicted molar refractivity (Wildman–Crippen MR) is 60.5 cm³/mol. The number of ether oxygens (including phenoxy) is 1. The largest absolute Gasteiger partial charge is 0.463 e. The van der Waals surface area contributed by atoms with Crippen LogP contribution in [0.25, 0.3) is 0 Å². The molecule has 1 N–H and O–H groups in total. The molecule has 86 valence electrons. The molecule has 0 fully saturated rings. The average molecular weight is 212 g/mol. The molecular weight excluding hydrogens is 192 g/mol. The van der Waals surface area contributed by atoms with E-state index in [1.54, 1.807) is 12.2 Å². The van der Waals surface area contributed by atoms with Crippen LogP contribution in [-0.4, -0.2) is 24.3 Å². The van der Waals surface area contributed by atoms with Gasteiger partial charge in [-0.05, 0) is 19.8 Å². The molecule has 0 unspecified atom stereocenters. The highest BCUT2D eigenvalue weighted by Gasteiger charge is 1.94. The SMILES string of the molecule is CCCCOC(=O)/C=C/C=C(/C)CCO. The first-order valence-corrected chi connectivity index (χ1v) is 5.32. The molecule has 0 radical (unpaired) electrons. The van der Waals surface area contributed by atoms with E-state index in [9.17, 15) is 4.79 Å². The number of hydrogen-bond acceptors (Lipinski definition) is 3. The Morgan fingerprint density at radius 2 is 2.20 bits per heavy atom. The fourth-order valence-corrected chi connectivity index (χ4v) is 0.916. The summed E-state index contributed by atoms with van der Waals surface area (Å²) < 4.78 is 4.92. The average Bonchev–Trinajstić information content (AvgIpc) is 2.18. The van der Waals surface area contributed by atoms with Crippen molar-refractivity contribution in [1.82, 2.24) is 0 Å². The molecule has 0 atom stereocenters. The van der Waals surface area contributed by atoms with Gasteiger partial charge in [0.15, 0.2) is 0 Å². The third-order valence-electron chi connectivity index (χ3n) is 1.86. The summed E-state index contributed by atoms with van der Waals surface area (Å²) in [5, 5.41) is 8.63. The van der Waals surface area contributed by atoms with E-state index in [-0.39, 0.29) is 12.6 Å². The third kappa shape index (κ3) is 9.22. The van der Waals surface area contributed by atoms with Crippen molar-refractivity contribution >= 4 is 5.97 Å². The maximum Gasteiger partial charge on any atom is 0.330 e. The van der Waals surface area contributed by atoms with Crippen LogP contribution in [0.4, 0.5) is 0 Å². The van der Waals surface area contributed by atoms with Gasteiger partial charge in [-0.2, -0.15) is 0 Å². The smallest absolute Gasteiger partial charge is 0.330 e. The van der Waals surface area contributed by atoms with Crippen molar-refractivity contribution in [3.63, 3.8) is 0 Å². The molecular formula is C12H20O3. The quantitative estimate of drug-likeness (QED) is 0.304. The highest BCUT2D eigenvalue weighted by atomic mass is 16.5. The van der Waals surface area contributed by atoms with Crippen LogP contribution in [0, 0.1) is 0 Å². The van der Waals surface area contributed by atoms with Gasteiger partial charge in [0.1, 0.15) is 0 Å². The summed E-state index contributed by atoms with van der Waals surface area (Å²) in [4.78, 5) is 11.1. The molecule has 0 aliphatic carbocycles. The van der Waals surface area contributed by atoms with E-state index < -0.39 is 0 Å². The molecule has 0 saturated heterocycles. The zero-order chi connectivity index (χ0) is 11.5. The Bertz CT molecular complexity index is 229. The summed E-state index contributed by atoms with van der Waals surface area (Å²) in [7, 11) is 0. The zero-order valence-electron chi connectivity index (χ0n) is 9.53. The van der Waals surface area contributed by atoms with E-state index >= 15 is 0 Å². The molecule has 0 aromatic carbocycles. The number of hydrogen-bond donors (Lipinski definition) is 1. The van der Waals surface area contributed by atoms with Crippen LogP contribution in [0.3, 0.4) is 0 Å². The van der Waals surface area contributed by atoms with Gasteiger partial charge in [-0.1, -0.05) is 31.1 Å². The van der Waals surface area contributed by atoms with Gasteiger partial charge < -0.3 is 9.84 Å². The van der Waals surface area contributed by atoms with Gasteiger partial charge in [-0.25, -0.2) is 4.79 Å². The summed E-state index contributed by atoms with van der Waals surface area (Å²) >= 11 is 0. The summed E-state index contributed by atoms with van der Waals surface area (Å²) in [6.07, 6.45) is 7.41. The Morgan fingerprint density at radius 1 is 1.47 bits per heavy atom. The Kier molecular flexibility index (Phi) is 8.78. The maximum atomic E-state index is 11.1. The van der Waals surface area contributed by atoms with Gasteiger partial charge in [0.2, 0.25) is 0 Å². The number of carbonyl (C=O) groups excluding carboxylic acids is 1. The first-order valence-electron chi connectivity index (χ1n) is 5.32. The molecule has 3 heteroatoms. The number of esters is 1. The van der Waals surface area contributed by atoms with Crippen molar-refractivity contribution in [3.8, 4) is 0 Å². The van der Waals surface area contributed by atoms with Crippen molar-refractivity contribution < 1.29 is 14.6 Å². The van der Waals surface area contributed by atoms with E-state index in [1.165, 1.54) is 6.08 Å². The minimum atomic E-state index is -0.309. The number of rotatable bonds is 7. The summed E-state index contributed by atoms with van der Waals surface area (Å²) in [6.45, 7) is 4.57. The van der Waals surface area contributed by atoms with Gasteiger partial charge in [0.05, 0.1) is 6.61 Å². The molecule has 0 heterocycles. The molecule has 0 aromatic rings. The lowest BCUT2D eigenvalue weighted by atomic mass is 10.2. The lowest BCUT2D eigenvalue weighted by Gasteiger charge is -1.98. The second kappa shape index (κ2) is 9.46. The van der Waals surface area contributed by atoms with Gasteiger partial charge in [-0.3, -0.25) is 0 Å². The van der Waals surface area contributed by atoms with Crippen molar-refractivity contribution in [3.05, 3.63) is 23.8 Å². The molecule has 0 spiro atoms. The van der Waals surface area contributed by atoms with Crippen LogP contribution in [-0.2, 0) is 9.53 Å². The Hall–Kier alpha value is -1.09. The molecule has 3 nitrogen and oxygen atoms in total. The lowest BCUT2D eigenvalue weighted by Crippen LogP contribution is -2.01.